The molecule has 0 aromatic carbocycles. The number of primary amides is 1. The number of nitrogens with zero attached hydrogens (tertiary/aromatic N) is 1. The summed E-state index contributed by atoms with van der Waals surface area (Å²) in [5, 5.41) is 25.6. The van der Waals surface area contributed by atoms with Crippen molar-refractivity contribution in [3.8, 4) is 0 Å². The lowest BCUT2D eigenvalue weighted by molar-refractivity contribution is -0.142. The van der Waals surface area contributed by atoms with Crippen molar-refractivity contribution in [2.75, 3.05) is 6.54 Å². The average Bonchev–Trinajstić information content (AvgIpc) is 3.35. The molecule has 4 amide bonds. The lowest BCUT2D eigenvalue weighted by atomic mass is 10.0. The fourth-order valence-electron chi connectivity index (χ4n) is 3.39. The maximum Gasteiger partial charge on any atom is 0.326 e. The zero-order valence-corrected chi connectivity index (χ0v) is 20.9. The van der Waals surface area contributed by atoms with E-state index in [0.29, 0.717) is 25.1 Å². The highest BCUT2D eigenvalue weighted by Crippen LogP contribution is 2.07. The zero-order valence-electron chi connectivity index (χ0n) is 20.9. The number of carbonyl (C=O) groups excluding carboxylic acids is 4. The maximum absolute atomic E-state index is 13.1. The number of aromatic amines is 1. The number of nitrogens with one attached hydrogen (secondary N) is 4. The van der Waals surface area contributed by atoms with Gasteiger partial charge in [0.05, 0.1) is 12.4 Å². The van der Waals surface area contributed by atoms with Gasteiger partial charge in [-0.25, -0.2) is 9.78 Å². The molecule has 0 saturated heterocycles. The maximum atomic E-state index is 13.1. The van der Waals surface area contributed by atoms with Gasteiger partial charge in [-0.1, -0.05) is 0 Å². The van der Waals surface area contributed by atoms with Crippen LogP contribution in [0.2, 0.25) is 0 Å². The van der Waals surface area contributed by atoms with Gasteiger partial charge in [0.1, 0.15) is 18.1 Å². The van der Waals surface area contributed by atoms with Gasteiger partial charge in [0.15, 0.2) is 0 Å². The first kappa shape index (κ1) is 32.0. The van der Waals surface area contributed by atoms with Crippen LogP contribution in [0.1, 0.15) is 50.6 Å². The number of aromatic nitrogens is 2. The molecular weight excluding hydrogens is 504 g/mol. The molecule has 16 heteroatoms. The van der Waals surface area contributed by atoms with Crippen LogP contribution < -0.4 is 33.2 Å². The zero-order chi connectivity index (χ0) is 28.7. The third-order valence-corrected chi connectivity index (χ3v) is 5.49. The Morgan fingerprint density at radius 3 is 1.97 bits per heavy atom. The molecule has 4 unspecified atom stereocenters. The minimum absolute atomic E-state index is 0.0745. The van der Waals surface area contributed by atoms with E-state index < -0.39 is 66.2 Å². The number of H-pyrrole nitrogens is 1. The Balaban J connectivity index is 2.98. The number of carboxylic acid groups (broad SMARTS) is 2. The van der Waals surface area contributed by atoms with Gasteiger partial charge in [-0.3, -0.25) is 24.0 Å². The van der Waals surface area contributed by atoms with Gasteiger partial charge in [-0.05, 0) is 38.6 Å². The standard InChI is InChI=1S/C22H36N8O8/c23-8-2-1-3-14(20(35)30-16(22(37)38)4-6-17(25)31)29-21(36)15(5-7-18(32)33)28-19(34)13(24)9-12-10-26-11-27-12/h10-11,13-16H,1-9,23-24H2,(H2,25,31)(H,26,27)(H,28,34)(H,29,36)(H,30,35)(H,32,33)(H,37,38). The van der Waals surface area contributed by atoms with Crippen LogP contribution in [0.5, 0.6) is 0 Å². The van der Waals surface area contributed by atoms with E-state index in [-0.39, 0.29) is 32.1 Å². The second kappa shape index (κ2) is 16.6. The van der Waals surface area contributed by atoms with E-state index in [1.807, 2.05) is 0 Å². The molecule has 0 radical (unpaired) electrons. The number of rotatable bonds is 19. The van der Waals surface area contributed by atoms with Crippen molar-refractivity contribution < 1.29 is 39.0 Å². The predicted octanol–water partition coefficient (Wildman–Crippen LogP) is -2.92. The number of amides is 4. The van der Waals surface area contributed by atoms with Gasteiger partial charge in [0, 0.05) is 31.2 Å². The highest BCUT2D eigenvalue weighted by molar-refractivity contribution is 5.94. The van der Waals surface area contributed by atoms with Gasteiger partial charge < -0.3 is 48.3 Å². The Labute approximate surface area is 218 Å². The monoisotopic (exact) mass is 540 g/mol. The molecule has 0 fully saturated rings. The highest BCUT2D eigenvalue weighted by Gasteiger charge is 2.30. The van der Waals surface area contributed by atoms with Gasteiger partial charge in [-0.15, -0.1) is 0 Å². The number of carbonyl (C=O) groups is 6. The van der Waals surface area contributed by atoms with Crippen molar-refractivity contribution in [3.63, 3.8) is 0 Å². The Hall–Kier alpha value is -4.05. The van der Waals surface area contributed by atoms with E-state index in [4.69, 9.17) is 22.3 Å². The molecule has 1 aromatic rings. The Bertz CT molecular complexity index is 955. The average molecular weight is 541 g/mol. The molecule has 0 aliphatic heterocycles. The smallest absolute Gasteiger partial charge is 0.326 e. The topological polar surface area (TPSA) is 286 Å². The van der Waals surface area contributed by atoms with Crippen LogP contribution in [0.4, 0.5) is 0 Å². The molecule has 1 rings (SSSR count). The quantitative estimate of drug-likeness (QED) is 0.0801. The molecule has 0 bridgehead atoms. The molecule has 1 heterocycles. The number of unbranched alkanes of at least 4 members (excludes halogenated alkanes) is 1. The van der Waals surface area contributed by atoms with Crippen LogP contribution in [0, 0.1) is 0 Å². The summed E-state index contributed by atoms with van der Waals surface area (Å²) < 4.78 is 0. The van der Waals surface area contributed by atoms with Crippen LogP contribution in [-0.4, -0.2) is 86.5 Å². The van der Waals surface area contributed by atoms with E-state index in [2.05, 4.69) is 25.9 Å². The molecule has 0 saturated carbocycles. The number of imidazole rings is 1. The minimum Gasteiger partial charge on any atom is -0.481 e. The summed E-state index contributed by atoms with van der Waals surface area (Å²) in [5.41, 5.74) is 17.0. The number of aliphatic carboxylic acids is 2. The molecule has 0 spiro atoms. The minimum atomic E-state index is -1.44. The summed E-state index contributed by atoms with van der Waals surface area (Å²) in [5.74, 6) is -5.79. The molecule has 4 atom stereocenters. The normalized spacial score (nSPS) is 13.9. The Kier molecular flexibility index (Phi) is 14.0. The van der Waals surface area contributed by atoms with Gasteiger partial charge in [0.25, 0.3) is 0 Å². The molecule has 1 aromatic heterocycles. The van der Waals surface area contributed by atoms with Gasteiger partial charge >= 0.3 is 11.9 Å². The van der Waals surface area contributed by atoms with Crippen molar-refractivity contribution in [2.45, 2.75) is 75.5 Å². The highest BCUT2D eigenvalue weighted by atomic mass is 16.4. The molecule has 12 N–H and O–H groups in total. The van der Waals surface area contributed by atoms with E-state index in [9.17, 15) is 33.9 Å². The van der Waals surface area contributed by atoms with Crippen molar-refractivity contribution in [1.29, 1.82) is 0 Å². The second-order valence-electron chi connectivity index (χ2n) is 8.63. The van der Waals surface area contributed by atoms with E-state index in [0.717, 1.165) is 0 Å². The molecule has 16 nitrogen and oxygen atoms in total. The first-order valence-electron chi connectivity index (χ1n) is 12.0. The number of hydrogen-bond acceptors (Lipinski definition) is 9. The first-order chi connectivity index (χ1) is 17.9. The summed E-state index contributed by atoms with van der Waals surface area (Å²) >= 11 is 0. The largest absolute Gasteiger partial charge is 0.481 e. The van der Waals surface area contributed by atoms with E-state index in [1.165, 1.54) is 12.5 Å². The van der Waals surface area contributed by atoms with Crippen LogP contribution in [0.3, 0.4) is 0 Å². The summed E-state index contributed by atoms with van der Waals surface area (Å²) in [6, 6.07) is -5.10. The summed E-state index contributed by atoms with van der Waals surface area (Å²) in [4.78, 5) is 78.8. The van der Waals surface area contributed by atoms with Crippen molar-refractivity contribution in [2.24, 2.45) is 17.2 Å². The molecule has 38 heavy (non-hydrogen) atoms. The molecule has 212 valence electrons. The van der Waals surface area contributed by atoms with Crippen LogP contribution in [0.25, 0.3) is 0 Å². The van der Waals surface area contributed by atoms with Crippen molar-refractivity contribution in [1.82, 2.24) is 25.9 Å². The summed E-state index contributed by atoms with van der Waals surface area (Å²) in [6.45, 7) is 0.310. The second-order valence-corrected chi connectivity index (χ2v) is 8.63. The summed E-state index contributed by atoms with van der Waals surface area (Å²) in [6.07, 6.45) is 2.63. The number of hydrogen-bond donors (Lipinski definition) is 9. The SMILES string of the molecule is NCCCCC(NC(=O)C(CCC(=O)O)NC(=O)C(N)Cc1cnc[nH]1)C(=O)NC(CCC(N)=O)C(=O)O. The van der Waals surface area contributed by atoms with Crippen LogP contribution in [0.15, 0.2) is 12.5 Å². The number of carboxylic acids is 2. The lowest BCUT2D eigenvalue weighted by Crippen LogP contribution is -2.57. The van der Waals surface area contributed by atoms with Gasteiger partial charge in [-0.2, -0.15) is 0 Å². The fraction of sp³-hybridized carbons (Fsp3) is 0.591. The van der Waals surface area contributed by atoms with E-state index in [1.54, 1.807) is 0 Å². The lowest BCUT2D eigenvalue weighted by Gasteiger charge is -2.25. The predicted molar refractivity (Wildman–Crippen MR) is 132 cm³/mol. The fourth-order valence-corrected chi connectivity index (χ4v) is 3.39. The third kappa shape index (κ3) is 12.3. The number of nitrogens with two attached hydrogens (primary N) is 3. The van der Waals surface area contributed by atoms with Crippen molar-refractivity contribution >= 4 is 35.6 Å². The summed E-state index contributed by atoms with van der Waals surface area (Å²) in [7, 11) is 0. The third-order valence-electron chi connectivity index (χ3n) is 5.49. The van der Waals surface area contributed by atoms with E-state index >= 15 is 0 Å². The molecule has 0 aliphatic rings. The van der Waals surface area contributed by atoms with Crippen LogP contribution >= 0.6 is 0 Å². The first-order valence-corrected chi connectivity index (χ1v) is 12.0. The Morgan fingerprint density at radius 1 is 0.868 bits per heavy atom. The molecule has 0 aliphatic carbocycles. The van der Waals surface area contributed by atoms with Gasteiger partial charge in [0.2, 0.25) is 23.6 Å². The van der Waals surface area contributed by atoms with Crippen molar-refractivity contribution in [3.05, 3.63) is 18.2 Å². The molecular formula is C22H36N8O8. The Morgan fingerprint density at radius 2 is 1.45 bits per heavy atom. The van der Waals surface area contributed by atoms with Crippen LogP contribution in [-0.2, 0) is 35.2 Å².